The van der Waals surface area contributed by atoms with Gasteiger partial charge in [0.2, 0.25) is 0 Å². The Bertz CT molecular complexity index is 1100. The first-order valence-corrected chi connectivity index (χ1v) is 12.3. The van der Waals surface area contributed by atoms with Crippen LogP contribution in [0.2, 0.25) is 0 Å². The number of rotatable bonds is 10. The minimum absolute atomic E-state index is 0.138. The molecule has 7 nitrogen and oxygen atoms in total. The summed E-state index contributed by atoms with van der Waals surface area (Å²) in [5.41, 5.74) is 7.96. The summed E-state index contributed by atoms with van der Waals surface area (Å²) in [6.07, 6.45) is 0.597. The topological polar surface area (TPSA) is 87.6 Å². The number of urea groups is 1. The Morgan fingerprint density at radius 2 is 1.72 bits per heavy atom. The smallest absolute Gasteiger partial charge is 0.320 e. The van der Waals surface area contributed by atoms with E-state index in [2.05, 4.69) is 4.57 Å². The monoisotopic (exact) mass is 495 g/mol. The number of carbonyl (C=O) groups excluding carboxylic acids is 1. The number of halogens is 1. The van der Waals surface area contributed by atoms with Gasteiger partial charge in [-0.15, -0.1) is 0 Å². The molecule has 0 spiro atoms. The lowest BCUT2D eigenvalue weighted by atomic mass is 9.84. The van der Waals surface area contributed by atoms with E-state index in [4.69, 9.17) is 10.7 Å². The fourth-order valence-electron chi connectivity index (χ4n) is 4.34. The molecule has 0 bridgehead atoms. The fraction of sp³-hybridized carbons (Fsp3) is 0.429. The third-order valence-corrected chi connectivity index (χ3v) is 6.11. The van der Waals surface area contributed by atoms with E-state index in [-0.39, 0.29) is 32.3 Å². The lowest BCUT2D eigenvalue weighted by Gasteiger charge is -2.41. The van der Waals surface area contributed by atoms with Crippen molar-refractivity contribution in [2.75, 3.05) is 33.3 Å². The number of benzene rings is 2. The number of aliphatic hydroxyl groups is 1. The van der Waals surface area contributed by atoms with Crippen LogP contribution in [0.3, 0.4) is 0 Å². The average Bonchev–Trinajstić information content (AvgIpc) is 3.26. The van der Waals surface area contributed by atoms with Gasteiger partial charge in [0.15, 0.2) is 0 Å². The van der Waals surface area contributed by atoms with E-state index < -0.39 is 17.6 Å². The van der Waals surface area contributed by atoms with E-state index in [0.29, 0.717) is 12.4 Å². The SMILES string of the molecule is CN(CCO)C(=O)N(CC(F)CN)C(c1nc(-c2ccccc2)cn1Cc1ccccc1)C(C)(C)C. The summed E-state index contributed by atoms with van der Waals surface area (Å²) >= 11 is 0. The molecule has 3 rings (SSSR count). The second-order valence-electron chi connectivity index (χ2n) is 10.1. The summed E-state index contributed by atoms with van der Waals surface area (Å²) < 4.78 is 16.8. The Hall–Kier alpha value is -3.23. The molecule has 0 aliphatic rings. The standard InChI is InChI=1S/C28H38FN5O2/c1-28(2,3)25(34(19-23(29)17-30)27(36)32(4)15-16-35)26-31-24(22-13-9-6-10-14-22)20-33(26)18-21-11-7-5-8-12-21/h5-14,20,23,25,35H,15-19,30H2,1-4H3. The molecule has 0 aliphatic carbocycles. The molecule has 2 unspecified atom stereocenters. The Balaban J connectivity index is 2.17. The van der Waals surface area contributed by atoms with Crippen molar-refractivity contribution in [3.05, 3.63) is 78.2 Å². The van der Waals surface area contributed by atoms with Crippen LogP contribution in [0, 0.1) is 5.41 Å². The zero-order chi connectivity index (χ0) is 26.3. The largest absolute Gasteiger partial charge is 0.395 e. The van der Waals surface area contributed by atoms with Gasteiger partial charge in [-0.3, -0.25) is 0 Å². The number of alkyl halides is 1. The van der Waals surface area contributed by atoms with E-state index in [9.17, 15) is 14.3 Å². The predicted octanol–water partition coefficient (Wildman–Crippen LogP) is 4.33. The summed E-state index contributed by atoms with van der Waals surface area (Å²) in [5.74, 6) is 0.667. The molecule has 2 atom stereocenters. The number of hydrogen-bond acceptors (Lipinski definition) is 4. The highest BCUT2D eigenvalue weighted by molar-refractivity contribution is 5.75. The lowest BCUT2D eigenvalue weighted by Crippen LogP contribution is -2.51. The first-order chi connectivity index (χ1) is 17.2. The normalized spacial score (nSPS) is 13.3. The van der Waals surface area contributed by atoms with Gasteiger partial charge in [-0.1, -0.05) is 81.4 Å². The van der Waals surface area contributed by atoms with Crippen molar-refractivity contribution in [1.82, 2.24) is 19.4 Å². The van der Waals surface area contributed by atoms with Crippen molar-refractivity contribution in [2.24, 2.45) is 11.1 Å². The van der Waals surface area contributed by atoms with Crippen LogP contribution >= 0.6 is 0 Å². The Morgan fingerprint density at radius 1 is 1.11 bits per heavy atom. The van der Waals surface area contributed by atoms with Crippen LogP contribution in [-0.2, 0) is 6.54 Å². The molecule has 36 heavy (non-hydrogen) atoms. The van der Waals surface area contributed by atoms with Crippen LogP contribution in [0.15, 0.2) is 66.9 Å². The molecule has 8 heteroatoms. The van der Waals surface area contributed by atoms with Gasteiger partial charge in [0.25, 0.3) is 0 Å². The molecule has 0 aliphatic heterocycles. The fourth-order valence-corrected chi connectivity index (χ4v) is 4.34. The van der Waals surface area contributed by atoms with Gasteiger partial charge in [0.1, 0.15) is 12.0 Å². The summed E-state index contributed by atoms with van der Waals surface area (Å²) in [4.78, 5) is 21.5. The molecule has 1 aromatic heterocycles. The minimum Gasteiger partial charge on any atom is -0.395 e. The Morgan fingerprint density at radius 3 is 2.28 bits per heavy atom. The third kappa shape index (κ3) is 6.71. The molecular weight excluding hydrogens is 457 g/mol. The highest BCUT2D eigenvalue weighted by atomic mass is 19.1. The number of likely N-dealkylation sites (N-methyl/N-ethyl adjacent to an activating group) is 1. The summed E-state index contributed by atoms with van der Waals surface area (Å²) in [6.45, 7) is 6.18. The number of hydrogen-bond donors (Lipinski definition) is 2. The molecule has 1 heterocycles. The van der Waals surface area contributed by atoms with Crippen molar-refractivity contribution in [2.45, 2.75) is 39.5 Å². The average molecular weight is 496 g/mol. The van der Waals surface area contributed by atoms with E-state index in [1.807, 2.05) is 87.6 Å². The number of aromatic nitrogens is 2. The van der Waals surface area contributed by atoms with E-state index >= 15 is 0 Å². The maximum atomic E-state index is 14.8. The Kier molecular flexibility index (Phi) is 9.23. The number of nitrogens with zero attached hydrogens (tertiary/aromatic N) is 4. The predicted molar refractivity (Wildman–Crippen MR) is 141 cm³/mol. The van der Waals surface area contributed by atoms with Gasteiger partial charge in [-0.05, 0) is 11.0 Å². The number of imidazole rings is 1. The molecule has 2 amide bonds. The van der Waals surface area contributed by atoms with Gasteiger partial charge in [-0.25, -0.2) is 14.2 Å². The lowest BCUT2D eigenvalue weighted by molar-refractivity contribution is 0.0690. The summed E-state index contributed by atoms with van der Waals surface area (Å²) in [7, 11) is 1.60. The van der Waals surface area contributed by atoms with Crippen LogP contribution in [0.5, 0.6) is 0 Å². The highest BCUT2D eigenvalue weighted by Crippen LogP contribution is 2.39. The van der Waals surface area contributed by atoms with Gasteiger partial charge in [-0.2, -0.15) is 0 Å². The molecule has 3 aromatic rings. The molecule has 0 saturated heterocycles. The number of amides is 2. The van der Waals surface area contributed by atoms with Crippen LogP contribution in [-0.4, -0.2) is 69.9 Å². The number of carbonyl (C=O) groups is 1. The first kappa shape index (κ1) is 27.4. The quantitative estimate of drug-likeness (QED) is 0.438. The maximum absolute atomic E-state index is 14.8. The van der Waals surface area contributed by atoms with Crippen LogP contribution in [0.25, 0.3) is 11.3 Å². The van der Waals surface area contributed by atoms with E-state index in [1.165, 1.54) is 9.80 Å². The summed E-state index contributed by atoms with van der Waals surface area (Å²) in [6, 6.07) is 19.0. The van der Waals surface area contributed by atoms with Crippen molar-refractivity contribution < 1.29 is 14.3 Å². The molecule has 2 aromatic carbocycles. The van der Waals surface area contributed by atoms with E-state index in [0.717, 1.165) is 16.8 Å². The van der Waals surface area contributed by atoms with Gasteiger partial charge in [0, 0.05) is 38.4 Å². The van der Waals surface area contributed by atoms with Gasteiger partial charge >= 0.3 is 6.03 Å². The molecule has 0 radical (unpaired) electrons. The number of aliphatic hydroxyl groups excluding tert-OH is 1. The van der Waals surface area contributed by atoms with Crippen LogP contribution in [0.4, 0.5) is 9.18 Å². The molecule has 0 fully saturated rings. The van der Waals surface area contributed by atoms with Gasteiger partial charge in [0.05, 0.1) is 24.9 Å². The van der Waals surface area contributed by atoms with Crippen molar-refractivity contribution >= 4 is 6.03 Å². The summed E-state index contributed by atoms with van der Waals surface area (Å²) in [5, 5.41) is 9.43. The first-order valence-electron chi connectivity index (χ1n) is 12.3. The van der Waals surface area contributed by atoms with Crippen LogP contribution < -0.4 is 5.73 Å². The molecule has 0 saturated carbocycles. The highest BCUT2D eigenvalue weighted by Gasteiger charge is 2.40. The third-order valence-electron chi connectivity index (χ3n) is 6.11. The van der Waals surface area contributed by atoms with E-state index in [1.54, 1.807) is 7.05 Å². The zero-order valence-corrected chi connectivity index (χ0v) is 21.6. The van der Waals surface area contributed by atoms with Crippen LogP contribution in [0.1, 0.15) is 38.2 Å². The maximum Gasteiger partial charge on any atom is 0.320 e. The molecular formula is C28H38FN5O2. The minimum atomic E-state index is -1.40. The van der Waals surface area contributed by atoms with Crippen molar-refractivity contribution in [3.63, 3.8) is 0 Å². The Labute approximate surface area is 213 Å². The number of nitrogens with two attached hydrogens (primary N) is 1. The van der Waals surface area contributed by atoms with Crippen molar-refractivity contribution in [3.8, 4) is 11.3 Å². The molecule has 3 N–H and O–H groups in total. The van der Waals surface area contributed by atoms with Crippen molar-refractivity contribution in [1.29, 1.82) is 0 Å². The molecule has 194 valence electrons. The second-order valence-corrected chi connectivity index (χ2v) is 10.1. The zero-order valence-electron chi connectivity index (χ0n) is 21.6. The van der Waals surface area contributed by atoms with Gasteiger partial charge < -0.3 is 25.2 Å². The second kappa shape index (κ2) is 12.1.